The number of ether oxygens (including phenoxy) is 1. The summed E-state index contributed by atoms with van der Waals surface area (Å²) in [5, 5.41) is 3.45. The second-order valence-corrected chi connectivity index (χ2v) is 6.08. The fraction of sp³-hybridized carbons (Fsp3) is 0.357. The van der Waals surface area contributed by atoms with Crippen LogP contribution in [0.5, 0.6) is 0 Å². The van der Waals surface area contributed by atoms with Crippen LogP contribution in [-0.2, 0) is 9.53 Å². The molecule has 2 fully saturated rings. The SMILES string of the molecule is O=C(Nc1ccc(Cl)c(Cl)c1)N1CCC(N2C(=O)COC2=O)C1. The summed E-state index contributed by atoms with van der Waals surface area (Å²) in [7, 11) is 0. The molecule has 3 rings (SSSR count). The molecule has 0 aromatic heterocycles. The van der Waals surface area contributed by atoms with Crippen LogP contribution < -0.4 is 5.32 Å². The van der Waals surface area contributed by atoms with Crippen molar-refractivity contribution in [3.8, 4) is 0 Å². The number of hydrogen-bond acceptors (Lipinski definition) is 4. The summed E-state index contributed by atoms with van der Waals surface area (Å²) < 4.78 is 4.70. The molecule has 1 N–H and O–H groups in total. The first-order valence-corrected chi connectivity index (χ1v) is 7.71. The molecule has 2 aliphatic rings. The van der Waals surface area contributed by atoms with Gasteiger partial charge < -0.3 is 15.0 Å². The van der Waals surface area contributed by atoms with E-state index in [1.54, 1.807) is 18.2 Å². The van der Waals surface area contributed by atoms with Crippen LogP contribution in [0.2, 0.25) is 10.0 Å². The molecular formula is C14H13Cl2N3O4. The third-order valence-corrected chi connectivity index (χ3v) is 4.51. The van der Waals surface area contributed by atoms with E-state index in [0.717, 1.165) is 4.90 Å². The summed E-state index contributed by atoms with van der Waals surface area (Å²) in [6.45, 7) is 0.480. The lowest BCUT2D eigenvalue weighted by molar-refractivity contribution is -0.127. The van der Waals surface area contributed by atoms with E-state index < -0.39 is 6.09 Å². The van der Waals surface area contributed by atoms with E-state index in [4.69, 9.17) is 27.9 Å². The quantitative estimate of drug-likeness (QED) is 0.881. The number of amides is 4. The lowest BCUT2D eigenvalue weighted by atomic mass is 10.2. The van der Waals surface area contributed by atoms with Gasteiger partial charge in [-0.25, -0.2) is 14.5 Å². The van der Waals surface area contributed by atoms with Crippen LogP contribution in [0.25, 0.3) is 0 Å². The van der Waals surface area contributed by atoms with E-state index in [-0.39, 0.29) is 31.1 Å². The van der Waals surface area contributed by atoms with Crippen molar-refractivity contribution < 1.29 is 19.1 Å². The smallest absolute Gasteiger partial charge is 0.417 e. The third-order valence-electron chi connectivity index (χ3n) is 3.77. The number of benzene rings is 1. The zero-order valence-electron chi connectivity index (χ0n) is 11.9. The summed E-state index contributed by atoms with van der Waals surface area (Å²) in [5.74, 6) is -0.369. The predicted molar refractivity (Wildman–Crippen MR) is 83.7 cm³/mol. The Hall–Kier alpha value is -1.99. The monoisotopic (exact) mass is 357 g/mol. The number of nitrogens with zero attached hydrogens (tertiary/aromatic N) is 2. The molecule has 23 heavy (non-hydrogen) atoms. The van der Waals surface area contributed by atoms with E-state index in [9.17, 15) is 14.4 Å². The highest BCUT2D eigenvalue weighted by atomic mass is 35.5. The minimum absolute atomic E-state index is 0.231. The number of likely N-dealkylation sites (tertiary alicyclic amines) is 1. The predicted octanol–water partition coefficient (Wildman–Crippen LogP) is 2.58. The van der Waals surface area contributed by atoms with Crippen LogP contribution in [0.1, 0.15) is 6.42 Å². The van der Waals surface area contributed by atoms with Gasteiger partial charge in [-0.2, -0.15) is 0 Å². The maximum Gasteiger partial charge on any atom is 0.417 e. The molecule has 2 heterocycles. The number of hydrogen-bond donors (Lipinski definition) is 1. The van der Waals surface area contributed by atoms with Crippen molar-refractivity contribution in [3.05, 3.63) is 28.2 Å². The van der Waals surface area contributed by atoms with Gasteiger partial charge in [-0.15, -0.1) is 0 Å². The lowest BCUT2D eigenvalue weighted by Gasteiger charge is -2.21. The Bertz CT molecular complexity index is 666. The van der Waals surface area contributed by atoms with Gasteiger partial charge in [0.1, 0.15) is 0 Å². The van der Waals surface area contributed by atoms with Crippen LogP contribution in [0.15, 0.2) is 18.2 Å². The Morgan fingerprint density at radius 1 is 1.26 bits per heavy atom. The maximum absolute atomic E-state index is 12.3. The number of carbonyl (C=O) groups excluding carboxylic acids is 3. The number of halogens is 2. The minimum Gasteiger partial charge on any atom is -0.439 e. The highest BCUT2D eigenvalue weighted by Gasteiger charge is 2.41. The zero-order valence-corrected chi connectivity index (χ0v) is 13.4. The van der Waals surface area contributed by atoms with Gasteiger partial charge in [0, 0.05) is 18.8 Å². The van der Waals surface area contributed by atoms with Gasteiger partial charge in [0.25, 0.3) is 5.91 Å². The molecule has 1 aromatic carbocycles. The fourth-order valence-electron chi connectivity index (χ4n) is 2.63. The summed E-state index contributed by atoms with van der Waals surface area (Å²) in [4.78, 5) is 38.1. The number of nitrogens with one attached hydrogen (secondary N) is 1. The van der Waals surface area contributed by atoms with Crippen LogP contribution in [0.3, 0.4) is 0 Å². The number of rotatable bonds is 2. The molecular weight excluding hydrogens is 345 g/mol. The van der Waals surface area contributed by atoms with Crippen molar-refractivity contribution in [1.29, 1.82) is 0 Å². The van der Waals surface area contributed by atoms with Crippen molar-refractivity contribution in [2.75, 3.05) is 25.0 Å². The Kier molecular flexibility index (Phi) is 4.32. The molecule has 2 aliphatic heterocycles. The summed E-state index contributed by atoms with van der Waals surface area (Å²) in [6, 6.07) is 4.10. The first-order valence-electron chi connectivity index (χ1n) is 6.95. The molecule has 1 aromatic rings. The Balaban J connectivity index is 1.62. The normalized spacial score (nSPS) is 20.9. The number of urea groups is 1. The van der Waals surface area contributed by atoms with E-state index >= 15 is 0 Å². The summed E-state index contributed by atoms with van der Waals surface area (Å²) in [5.41, 5.74) is 0.518. The average Bonchev–Trinajstić information content (AvgIpc) is 3.10. The lowest BCUT2D eigenvalue weighted by Crippen LogP contribution is -2.42. The first kappa shape index (κ1) is 15.9. The molecule has 0 saturated carbocycles. The molecule has 7 nitrogen and oxygen atoms in total. The Morgan fingerprint density at radius 2 is 2.04 bits per heavy atom. The van der Waals surface area contributed by atoms with Gasteiger partial charge in [0.15, 0.2) is 6.61 Å². The first-order chi connectivity index (χ1) is 11.0. The van der Waals surface area contributed by atoms with E-state index in [1.165, 1.54) is 4.90 Å². The van der Waals surface area contributed by atoms with Crippen LogP contribution in [0, 0.1) is 0 Å². The zero-order chi connectivity index (χ0) is 16.6. The molecule has 0 aliphatic carbocycles. The molecule has 0 spiro atoms. The highest BCUT2D eigenvalue weighted by Crippen LogP contribution is 2.26. The molecule has 1 unspecified atom stereocenters. The minimum atomic E-state index is -0.647. The van der Waals surface area contributed by atoms with Crippen molar-refractivity contribution in [2.24, 2.45) is 0 Å². The molecule has 0 radical (unpaired) electrons. The van der Waals surface area contributed by atoms with Crippen LogP contribution in [0.4, 0.5) is 15.3 Å². The second kappa shape index (κ2) is 6.25. The van der Waals surface area contributed by atoms with E-state index in [0.29, 0.717) is 28.7 Å². The van der Waals surface area contributed by atoms with Gasteiger partial charge in [-0.05, 0) is 24.6 Å². The topological polar surface area (TPSA) is 79.0 Å². The van der Waals surface area contributed by atoms with Gasteiger partial charge in [-0.1, -0.05) is 23.2 Å². The molecule has 9 heteroatoms. The van der Waals surface area contributed by atoms with Crippen molar-refractivity contribution >= 4 is 46.9 Å². The van der Waals surface area contributed by atoms with Crippen molar-refractivity contribution in [3.63, 3.8) is 0 Å². The van der Waals surface area contributed by atoms with Gasteiger partial charge in [-0.3, -0.25) is 4.79 Å². The third kappa shape index (κ3) is 3.20. The summed E-state index contributed by atoms with van der Waals surface area (Å²) in [6.07, 6.45) is -0.123. The van der Waals surface area contributed by atoms with Crippen molar-refractivity contribution in [1.82, 2.24) is 9.80 Å². The Labute approximate surface area is 142 Å². The molecule has 122 valence electrons. The van der Waals surface area contributed by atoms with E-state index in [1.807, 2.05) is 0 Å². The van der Waals surface area contributed by atoms with Gasteiger partial charge in [0.2, 0.25) is 0 Å². The molecule has 0 bridgehead atoms. The number of anilines is 1. The van der Waals surface area contributed by atoms with Crippen LogP contribution in [-0.4, -0.2) is 53.6 Å². The highest BCUT2D eigenvalue weighted by molar-refractivity contribution is 6.42. The van der Waals surface area contributed by atoms with Gasteiger partial charge in [0.05, 0.1) is 16.1 Å². The fourth-order valence-corrected chi connectivity index (χ4v) is 2.93. The number of cyclic esters (lactones) is 1. The molecule has 2 saturated heterocycles. The standard InChI is InChI=1S/C14H13Cl2N3O4/c15-10-2-1-8(5-11(10)16)17-13(21)18-4-3-9(6-18)19-12(20)7-23-14(19)22/h1-2,5,9H,3-4,6-7H2,(H,17,21). The largest absolute Gasteiger partial charge is 0.439 e. The maximum atomic E-state index is 12.3. The number of imide groups is 1. The molecule has 1 atom stereocenters. The second-order valence-electron chi connectivity index (χ2n) is 5.27. The van der Waals surface area contributed by atoms with Crippen LogP contribution >= 0.6 is 23.2 Å². The summed E-state index contributed by atoms with van der Waals surface area (Å²) >= 11 is 11.7. The molecule has 4 amide bonds. The van der Waals surface area contributed by atoms with Crippen molar-refractivity contribution in [2.45, 2.75) is 12.5 Å². The van der Waals surface area contributed by atoms with E-state index in [2.05, 4.69) is 5.32 Å². The average molecular weight is 358 g/mol. The Morgan fingerprint density at radius 3 is 2.70 bits per heavy atom. The number of carbonyl (C=O) groups is 3. The van der Waals surface area contributed by atoms with Gasteiger partial charge >= 0.3 is 12.1 Å².